The van der Waals surface area contributed by atoms with Gasteiger partial charge in [-0.05, 0) is 48.1 Å². The first-order valence-electron chi connectivity index (χ1n) is 9.24. The Morgan fingerprint density at radius 3 is 2.24 bits per heavy atom. The van der Waals surface area contributed by atoms with Crippen molar-refractivity contribution >= 4 is 16.1 Å². The summed E-state index contributed by atoms with van der Waals surface area (Å²) in [6.07, 6.45) is 1.04. The van der Waals surface area contributed by atoms with Crippen molar-refractivity contribution in [1.29, 1.82) is 0 Å². The van der Waals surface area contributed by atoms with Gasteiger partial charge >= 0.3 is 5.97 Å². The van der Waals surface area contributed by atoms with Crippen LogP contribution >= 0.6 is 0 Å². The minimum Gasteiger partial charge on any atom is -0.493 e. The van der Waals surface area contributed by atoms with Gasteiger partial charge in [0, 0.05) is 6.07 Å². The summed E-state index contributed by atoms with van der Waals surface area (Å²) >= 11 is 0. The van der Waals surface area contributed by atoms with Gasteiger partial charge < -0.3 is 14.2 Å². The number of rotatable bonds is 9. The highest BCUT2D eigenvalue weighted by atomic mass is 32.2. The smallest absolute Gasteiger partial charge is 0.349 e. The van der Waals surface area contributed by atoms with E-state index in [1.54, 1.807) is 0 Å². The molecule has 0 aliphatic carbocycles. The maximum absolute atomic E-state index is 12.1. The van der Waals surface area contributed by atoms with Gasteiger partial charge in [0.05, 0.1) is 12.0 Å². The number of hydrogen-bond acceptors (Lipinski definition) is 6. The van der Waals surface area contributed by atoms with Crippen molar-refractivity contribution in [3.8, 4) is 17.2 Å². The van der Waals surface area contributed by atoms with Gasteiger partial charge in [0.15, 0.2) is 18.1 Å². The second-order valence-corrected chi connectivity index (χ2v) is 8.30. The summed E-state index contributed by atoms with van der Waals surface area (Å²) in [5.74, 6) is 0.874. The zero-order valence-corrected chi connectivity index (χ0v) is 17.7. The molecule has 0 saturated carbocycles. The molecule has 0 aliphatic heterocycles. The fourth-order valence-corrected chi connectivity index (χ4v) is 3.59. The third kappa shape index (κ3) is 6.20. The third-order valence-corrected chi connectivity index (χ3v) is 5.42. The second kappa shape index (κ2) is 9.76. The fraction of sp³-hybridized carbons (Fsp3) is 0.381. The standard InChI is InChI=1S/C21H26O7S/c1-5-18(14(2)3)15-6-8-16(9-7-15)27-13-21(22)28-19-11-10-17(29(23,24)25)12-20(19)26-4/h6-12,14,18H,5,13H2,1-4H3,(H,23,24,25). The molecule has 158 valence electrons. The first kappa shape index (κ1) is 22.7. The number of hydrogen-bond donors (Lipinski definition) is 1. The summed E-state index contributed by atoms with van der Waals surface area (Å²) in [6, 6.07) is 11.0. The van der Waals surface area contributed by atoms with Crippen LogP contribution in [0.2, 0.25) is 0 Å². The van der Waals surface area contributed by atoms with Gasteiger partial charge in [-0.25, -0.2) is 4.79 Å². The molecule has 0 fully saturated rings. The lowest BCUT2D eigenvalue weighted by atomic mass is 9.86. The first-order valence-corrected chi connectivity index (χ1v) is 10.7. The van der Waals surface area contributed by atoms with Crippen LogP contribution in [0.1, 0.15) is 38.7 Å². The van der Waals surface area contributed by atoms with E-state index in [0.29, 0.717) is 17.6 Å². The lowest BCUT2D eigenvalue weighted by molar-refractivity contribution is -0.136. The molecule has 0 radical (unpaired) electrons. The van der Waals surface area contributed by atoms with Crippen molar-refractivity contribution in [3.05, 3.63) is 48.0 Å². The van der Waals surface area contributed by atoms with Gasteiger partial charge in [-0.2, -0.15) is 8.42 Å². The van der Waals surface area contributed by atoms with E-state index in [4.69, 9.17) is 18.8 Å². The van der Waals surface area contributed by atoms with Gasteiger partial charge in [-0.3, -0.25) is 4.55 Å². The molecule has 1 atom stereocenters. The lowest BCUT2D eigenvalue weighted by Gasteiger charge is -2.19. The van der Waals surface area contributed by atoms with Crippen LogP contribution in [0.15, 0.2) is 47.4 Å². The summed E-state index contributed by atoms with van der Waals surface area (Å²) in [7, 11) is -3.10. The largest absolute Gasteiger partial charge is 0.493 e. The minimum absolute atomic E-state index is 0.00267. The number of esters is 1. The van der Waals surface area contributed by atoms with Crippen molar-refractivity contribution in [3.63, 3.8) is 0 Å². The first-order chi connectivity index (χ1) is 13.7. The molecule has 8 heteroatoms. The molecule has 7 nitrogen and oxygen atoms in total. The zero-order valence-electron chi connectivity index (χ0n) is 16.9. The van der Waals surface area contributed by atoms with Gasteiger partial charge in [0.2, 0.25) is 0 Å². The molecule has 2 aromatic rings. The van der Waals surface area contributed by atoms with Crippen molar-refractivity contribution in [1.82, 2.24) is 0 Å². The Hall–Kier alpha value is -2.58. The van der Waals surface area contributed by atoms with Crippen molar-refractivity contribution in [2.75, 3.05) is 13.7 Å². The molecule has 2 rings (SSSR count). The van der Waals surface area contributed by atoms with E-state index in [2.05, 4.69) is 20.8 Å². The van der Waals surface area contributed by atoms with E-state index in [-0.39, 0.29) is 23.0 Å². The molecule has 0 aliphatic rings. The molecule has 1 N–H and O–H groups in total. The van der Waals surface area contributed by atoms with Crippen LogP contribution in [-0.2, 0) is 14.9 Å². The number of carbonyl (C=O) groups is 1. The van der Waals surface area contributed by atoms with E-state index >= 15 is 0 Å². The highest BCUT2D eigenvalue weighted by Gasteiger charge is 2.17. The van der Waals surface area contributed by atoms with Gasteiger partial charge in [0.25, 0.3) is 10.1 Å². The average Bonchev–Trinajstić information content (AvgIpc) is 2.67. The van der Waals surface area contributed by atoms with Crippen molar-refractivity contribution in [2.45, 2.75) is 38.0 Å². The van der Waals surface area contributed by atoms with Crippen molar-refractivity contribution < 1.29 is 32.0 Å². The van der Waals surface area contributed by atoms with E-state index in [0.717, 1.165) is 18.6 Å². The van der Waals surface area contributed by atoms with Crippen LogP contribution in [0.3, 0.4) is 0 Å². The van der Waals surface area contributed by atoms with Crippen LogP contribution in [0.5, 0.6) is 17.2 Å². The normalized spacial score (nSPS) is 12.5. The van der Waals surface area contributed by atoms with Crippen molar-refractivity contribution in [2.24, 2.45) is 5.92 Å². The van der Waals surface area contributed by atoms with Crippen LogP contribution in [-0.4, -0.2) is 32.7 Å². The lowest BCUT2D eigenvalue weighted by Crippen LogP contribution is -2.18. The SMILES string of the molecule is CCC(c1ccc(OCC(=O)Oc2ccc(S(=O)(=O)O)cc2OC)cc1)C(C)C. The molecule has 0 aromatic heterocycles. The Balaban J connectivity index is 2.00. The highest BCUT2D eigenvalue weighted by molar-refractivity contribution is 7.85. The van der Waals surface area contributed by atoms with E-state index in [1.165, 1.54) is 18.7 Å². The summed E-state index contributed by atoms with van der Waals surface area (Å²) < 4.78 is 47.1. The number of benzene rings is 2. The van der Waals surface area contributed by atoms with Gasteiger partial charge in [-0.15, -0.1) is 0 Å². The Morgan fingerprint density at radius 2 is 1.72 bits per heavy atom. The maximum atomic E-state index is 12.1. The van der Waals surface area contributed by atoms with E-state index < -0.39 is 16.1 Å². The summed E-state index contributed by atoms with van der Waals surface area (Å²) in [6.45, 7) is 6.20. The maximum Gasteiger partial charge on any atom is 0.349 e. The Labute approximate surface area is 171 Å². The summed E-state index contributed by atoms with van der Waals surface area (Å²) in [5.41, 5.74) is 1.22. The molecule has 1 unspecified atom stereocenters. The Bertz CT molecular complexity index is 934. The topological polar surface area (TPSA) is 99.1 Å². The zero-order chi connectivity index (χ0) is 21.6. The average molecular weight is 422 g/mol. The molecule has 0 spiro atoms. The molecule has 29 heavy (non-hydrogen) atoms. The number of ether oxygens (including phenoxy) is 3. The monoisotopic (exact) mass is 422 g/mol. The molecule has 0 amide bonds. The van der Waals surface area contributed by atoms with Crippen LogP contribution in [0.25, 0.3) is 0 Å². The Morgan fingerprint density at radius 1 is 1.07 bits per heavy atom. The van der Waals surface area contributed by atoms with Crippen LogP contribution < -0.4 is 14.2 Å². The summed E-state index contributed by atoms with van der Waals surface area (Å²) in [5, 5.41) is 0. The van der Waals surface area contributed by atoms with Crippen LogP contribution in [0, 0.1) is 5.92 Å². The van der Waals surface area contributed by atoms with Gasteiger partial charge in [-0.1, -0.05) is 32.9 Å². The minimum atomic E-state index is -4.39. The molecule has 0 saturated heterocycles. The third-order valence-electron chi connectivity index (χ3n) is 4.57. The predicted molar refractivity (Wildman–Crippen MR) is 108 cm³/mol. The molecular formula is C21H26O7S. The van der Waals surface area contributed by atoms with Crippen LogP contribution in [0.4, 0.5) is 0 Å². The second-order valence-electron chi connectivity index (χ2n) is 6.88. The molecule has 0 heterocycles. The summed E-state index contributed by atoms with van der Waals surface area (Å²) in [4.78, 5) is 11.7. The quantitative estimate of drug-likeness (QED) is 0.369. The predicted octanol–water partition coefficient (Wildman–Crippen LogP) is 4.08. The molecule has 2 aromatic carbocycles. The highest BCUT2D eigenvalue weighted by Crippen LogP contribution is 2.30. The van der Waals surface area contributed by atoms with Gasteiger partial charge in [0.1, 0.15) is 5.75 Å². The molecule has 0 bridgehead atoms. The number of carbonyl (C=O) groups excluding carboxylic acids is 1. The number of methoxy groups -OCH3 is 1. The Kier molecular flexibility index (Phi) is 7.64. The fourth-order valence-electron chi connectivity index (χ4n) is 3.09. The van der Waals surface area contributed by atoms with E-state index in [9.17, 15) is 13.2 Å². The van der Waals surface area contributed by atoms with E-state index in [1.807, 2.05) is 24.3 Å². The molecular weight excluding hydrogens is 396 g/mol.